The number of hydrogen-bond donors (Lipinski definition) is 2. The minimum atomic E-state index is 0.518. The lowest BCUT2D eigenvalue weighted by Gasteiger charge is -2.14. The Kier molecular flexibility index (Phi) is 3.72. The second-order valence-corrected chi connectivity index (χ2v) is 4.22. The molecule has 0 heterocycles. The first-order valence-corrected chi connectivity index (χ1v) is 6.12. The maximum Gasteiger partial charge on any atom is 0.155 e. The number of nitrogen functional groups attached to an aromatic ring is 2. The van der Waals surface area contributed by atoms with Crippen molar-refractivity contribution < 1.29 is 4.74 Å². The van der Waals surface area contributed by atoms with Crippen LogP contribution in [0.1, 0.15) is 18.9 Å². The van der Waals surface area contributed by atoms with Gasteiger partial charge in [0.2, 0.25) is 0 Å². The van der Waals surface area contributed by atoms with Gasteiger partial charge < -0.3 is 16.2 Å². The number of aryl methyl sites for hydroxylation is 1. The van der Waals surface area contributed by atoms with Gasteiger partial charge in [0.15, 0.2) is 5.75 Å². The summed E-state index contributed by atoms with van der Waals surface area (Å²) in [6.07, 6.45) is 1.96. The Morgan fingerprint density at radius 2 is 1.72 bits per heavy atom. The lowest BCUT2D eigenvalue weighted by Crippen LogP contribution is -2.01. The highest BCUT2D eigenvalue weighted by atomic mass is 16.5. The van der Waals surface area contributed by atoms with E-state index < -0.39 is 0 Å². The highest BCUT2D eigenvalue weighted by Gasteiger charge is 2.11. The number of benzene rings is 2. The summed E-state index contributed by atoms with van der Waals surface area (Å²) in [5.41, 5.74) is 14.0. The van der Waals surface area contributed by atoms with Gasteiger partial charge >= 0.3 is 0 Å². The molecule has 0 bridgehead atoms. The lowest BCUT2D eigenvalue weighted by molar-refractivity contribution is 0.478. The smallest absolute Gasteiger partial charge is 0.155 e. The molecule has 18 heavy (non-hydrogen) atoms. The normalized spacial score (nSPS) is 10.3. The molecule has 0 radical (unpaired) electrons. The average molecular weight is 242 g/mol. The molecule has 3 nitrogen and oxygen atoms in total. The van der Waals surface area contributed by atoms with Crippen LogP contribution in [0.5, 0.6) is 11.5 Å². The zero-order valence-corrected chi connectivity index (χ0v) is 10.5. The van der Waals surface area contributed by atoms with Gasteiger partial charge in [-0.2, -0.15) is 0 Å². The largest absolute Gasteiger partial charge is 0.455 e. The fourth-order valence-corrected chi connectivity index (χ4v) is 1.85. The average Bonchev–Trinajstić information content (AvgIpc) is 2.40. The quantitative estimate of drug-likeness (QED) is 0.805. The molecule has 2 aromatic carbocycles. The zero-order valence-electron chi connectivity index (χ0n) is 10.5. The highest BCUT2D eigenvalue weighted by Crippen LogP contribution is 2.35. The van der Waals surface area contributed by atoms with Crippen molar-refractivity contribution in [3.63, 3.8) is 0 Å². The Morgan fingerprint density at radius 3 is 2.39 bits per heavy atom. The van der Waals surface area contributed by atoms with Crippen LogP contribution in [0.25, 0.3) is 0 Å². The third kappa shape index (κ3) is 2.56. The van der Waals surface area contributed by atoms with Gasteiger partial charge in [0, 0.05) is 0 Å². The molecule has 0 saturated carbocycles. The van der Waals surface area contributed by atoms with Gasteiger partial charge in [-0.1, -0.05) is 37.6 Å². The summed E-state index contributed by atoms with van der Waals surface area (Å²) in [6.45, 7) is 2.12. The molecule has 3 heteroatoms. The van der Waals surface area contributed by atoms with E-state index in [4.69, 9.17) is 16.2 Å². The van der Waals surface area contributed by atoms with Crippen molar-refractivity contribution in [2.24, 2.45) is 0 Å². The predicted octanol–water partition coefficient (Wildman–Crippen LogP) is 3.60. The van der Waals surface area contributed by atoms with Crippen molar-refractivity contribution in [1.29, 1.82) is 0 Å². The van der Waals surface area contributed by atoms with Crippen molar-refractivity contribution in [1.82, 2.24) is 0 Å². The van der Waals surface area contributed by atoms with E-state index in [9.17, 15) is 0 Å². The monoisotopic (exact) mass is 242 g/mol. The second kappa shape index (κ2) is 5.45. The fourth-order valence-electron chi connectivity index (χ4n) is 1.85. The molecule has 0 spiro atoms. The molecule has 0 aliphatic carbocycles. The van der Waals surface area contributed by atoms with Crippen molar-refractivity contribution >= 4 is 11.4 Å². The van der Waals surface area contributed by atoms with E-state index in [2.05, 4.69) is 6.92 Å². The van der Waals surface area contributed by atoms with E-state index in [1.165, 1.54) is 0 Å². The van der Waals surface area contributed by atoms with Crippen LogP contribution in [0.3, 0.4) is 0 Å². The number of anilines is 2. The van der Waals surface area contributed by atoms with Crippen molar-refractivity contribution in [3.8, 4) is 11.5 Å². The van der Waals surface area contributed by atoms with Gasteiger partial charge in [-0.15, -0.1) is 0 Å². The van der Waals surface area contributed by atoms with Gasteiger partial charge in [0.05, 0.1) is 11.4 Å². The third-order valence-corrected chi connectivity index (χ3v) is 2.79. The molecule has 0 amide bonds. The molecule has 0 atom stereocenters. The molecule has 0 unspecified atom stereocenters. The Hall–Kier alpha value is -2.16. The Bertz CT molecular complexity index is 524. The summed E-state index contributed by atoms with van der Waals surface area (Å²) in [5, 5.41) is 0. The van der Waals surface area contributed by atoms with Gasteiger partial charge in [0.1, 0.15) is 5.75 Å². The predicted molar refractivity (Wildman–Crippen MR) is 75.8 cm³/mol. The maximum atomic E-state index is 6.01. The van der Waals surface area contributed by atoms with E-state index >= 15 is 0 Å². The molecule has 0 aliphatic heterocycles. The number of para-hydroxylation sites is 1. The van der Waals surface area contributed by atoms with E-state index in [0.29, 0.717) is 17.1 Å². The standard InChI is InChI=1S/C15H18N2O/c1-2-6-11-9-10-13(16)14(17)15(11)18-12-7-4-3-5-8-12/h3-5,7-10H,2,6,16-17H2,1H3. The number of nitrogens with two attached hydrogens (primary N) is 2. The Labute approximate surface area is 107 Å². The van der Waals surface area contributed by atoms with E-state index in [0.717, 1.165) is 24.2 Å². The molecule has 94 valence electrons. The van der Waals surface area contributed by atoms with E-state index in [1.54, 1.807) is 0 Å². The molecule has 0 aliphatic rings. The van der Waals surface area contributed by atoms with Crippen LogP contribution in [-0.2, 0) is 6.42 Å². The number of ether oxygens (including phenoxy) is 1. The minimum Gasteiger partial charge on any atom is -0.455 e. The molecular weight excluding hydrogens is 224 g/mol. The highest BCUT2D eigenvalue weighted by molar-refractivity contribution is 5.73. The van der Waals surface area contributed by atoms with Crippen LogP contribution in [-0.4, -0.2) is 0 Å². The van der Waals surface area contributed by atoms with Gasteiger partial charge in [-0.05, 0) is 30.2 Å². The third-order valence-electron chi connectivity index (χ3n) is 2.79. The summed E-state index contributed by atoms with van der Waals surface area (Å²) < 4.78 is 5.87. The first-order chi connectivity index (χ1) is 8.72. The lowest BCUT2D eigenvalue weighted by atomic mass is 10.1. The van der Waals surface area contributed by atoms with E-state index in [1.807, 2.05) is 42.5 Å². The van der Waals surface area contributed by atoms with Crippen molar-refractivity contribution in [2.75, 3.05) is 11.5 Å². The minimum absolute atomic E-state index is 0.518. The zero-order chi connectivity index (χ0) is 13.0. The Balaban J connectivity index is 2.38. The van der Waals surface area contributed by atoms with Crippen LogP contribution < -0.4 is 16.2 Å². The molecule has 0 fully saturated rings. The molecule has 2 aromatic rings. The van der Waals surface area contributed by atoms with Crippen LogP contribution in [0, 0.1) is 0 Å². The number of hydrogen-bond acceptors (Lipinski definition) is 3. The summed E-state index contributed by atoms with van der Waals surface area (Å²) in [6, 6.07) is 13.4. The maximum absolute atomic E-state index is 6.01. The fraction of sp³-hybridized carbons (Fsp3) is 0.200. The van der Waals surface area contributed by atoms with Crippen LogP contribution in [0.2, 0.25) is 0 Å². The first-order valence-electron chi connectivity index (χ1n) is 6.12. The molecule has 2 rings (SSSR count). The molecule has 0 saturated heterocycles. The second-order valence-electron chi connectivity index (χ2n) is 4.22. The van der Waals surface area contributed by atoms with E-state index in [-0.39, 0.29) is 0 Å². The summed E-state index contributed by atoms with van der Waals surface area (Å²) in [4.78, 5) is 0. The van der Waals surface area contributed by atoms with Crippen molar-refractivity contribution in [3.05, 3.63) is 48.0 Å². The number of rotatable bonds is 4. The van der Waals surface area contributed by atoms with Gasteiger partial charge in [-0.3, -0.25) is 0 Å². The molecule has 0 aromatic heterocycles. The van der Waals surface area contributed by atoms with Crippen LogP contribution in [0.15, 0.2) is 42.5 Å². The van der Waals surface area contributed by atoms with Crippen LogP contribution >= 0.6 is 0 Å². The van der Waals surface area contributed by atoms with Crippen molar-refractivity contribution in [2.45, 2.75) is 19.8 Å². The topological polar surface area (TPSA) is 61.3 Å². The molecule has 4 N–H and O–H groups in total. The van der Waals surface area contributed by atoms with Gasteiger partial charge in [0.25, 0.3) is 0 Å². The summed E-state index contributed by atoms with van der Waals surface area (Å²) in [7, 11) is 0. The van der Waals surface area contributed by atoms with Gasteiger partial charge in [-0.25, -0.2) is 0 Å². The Morgan fingerprint density at radius 1 is 1.00 bits per heavy atom. The first kappa shape index (κ1) is 12.3. The molecular formula is C15H18N2O. The summed E-state index contributed by atoms with van der Waals surface area (Å²) in [5.74, 6) is 1.45. The van der Waals surface area contributed by atoms with Crippen LogP contribution in [0.4, 0.5) is 11.4 Å². The summed E-state index contributed by atoms with van der Waals surface area (Å²) >= 11 is 0. The SMILES string of the molecule is CCCc1ccc(N)c(N)c1Oc1ccccc1.